The van der Waals surface area contributed by atoms with Crippen LogP contribution in [0.25, 0.3) is 27.9 Å². The van der Waals surface area contributed by atoms with Crippen molar-refractivity contribution in [2.75, 3.05) is 0 Å². The molecule has 0 spiro atoms. The molecule has 204 valence electrons. The van der Waals surface area contributed by atoms with Crippen LogP contribution in [0.3, 0.4) is 0 Å². The number of hydrogen-bond acceptors (Lipinski definition) is 4. The van der Waals surface area contributed by atoms with E-state index < -0.39 is 23.6 Å². The summed E-state index contributed by atoms with van der Waals surface area (Å²) in [6, 6.07) is 12.3. The number of alkyl halides is 3. The van der Waals surface area contributed by atoms with Gasteiger partial charge in [0.2, 0.25) is 0 Å². The Kier molecular flexibility index (Phi) is 7.11. The first kappa shape index (κ1) is 27.0. The molecule has 0 saturated heterocycles. The van der Waals surface area contributed by atoms with Crippen molar-refractivity contribution in [3.8, 4) is 27.9 Å². The number of pyridine rings is 1. The minimum atomic E-state index is -4.60. The molecule has 5 rings (SSSR count). The minimum absolute atomic E-state index is 0.193. The molecule has 0 unspecified atom stereocenters. The van der Waals surface area contributed by atoms with Crippen LogP contribution >= 0.6 is 11.6 Å². The highest BCUT2D eigenvalue weighted by Gasteiger charge is 2.40. The van der Waals surface area contributed by atoms with E-state index in [2.05, 4.69) is 20.4 Å². The highest BCUT2D eigenvalue weighted by Crippen LogP contribution is 2.31. The molecule has 2 aromatic carbocycles. The van der Waals surface area contributed by atoms with Gasteiger partial charge in [-0.1, -0.05) is 35.9 Å². The number of aromatic nitrogens is 6. The number of primary amides is 1. The van der Waals surface area contributed by atoms with Crippen LogP contribution in [0.15, 0.2) is 73.3 Å². The molecule has 5 aromatic rings. The van der Waals surface area contributed by atoms with Crippen LogP contribution in [-0.4, -0.2) is 31.0 Å². The largest absolute Gasteiger partial charge is 0.464 e. The summed E-state index contributed by atoms with van der Waals surface area (Å²) in [6.45, 7) is 1.96. The van der Waals surface area contributed by atoms with Crippen molar-refractivity contribution >= 4 is 17.5 Å². The second-order valence-electron chi connectivity index (χ2n) is 8.92. The number of aromatic amines is 1. The molecule has 3 aromatic heterocycles. The maximum atomic E-state index is 14.3. The van der Waals surface area contributed by atoms with Crippen LogP contribution in [0.2, 0.25) is 5.02 Å². The van der Waals surface area contributed by atoms with Gasteiger partial charge in [0.05, 0.1) is 28.6 Å². The molecule has 0 radical (unpaired) electrons. The molecule has 40 heavy (non-hydrogen) atoms. The van der Waals surface area contributed by atoms with Crippen LogP contribution in [-0.2, 0) is 6.18 Å². The van der Waals surface area contributed by atoms with E-state index >= 15 is 0 Å². The molecule has 13 heteroatoms. The highest BCUT2D eigenvalue weighted by molar-refractivity contribution is 6.31. The molecule has 1 atom stereocenters. The first-order valence-electron chi connectivity index (χ1n) is 12.0. The highest BCUT2D eigenvalue weighted by atomic mass is 35.5. The smallest absolute Gasteiger partial charge is 0.366 e. The number of carbonyl (C=O) groups excluding carboxylic acids is 1. The van der Waals surface area contributed by atoms with E-state index in [0.717, 1.165) is 6.20 Å². The van der Waals surface area contributed by atoms with Gasteiger partial charge in [0.25, 0.3) is 5.91 Å². The zero-order chi connectivity index (χ0) is 28.6. The molecule has 0 aliphatic carbocycles. The maximum Gasteiger partial charge on any atom is 0.464 e. The summed E-state index contributed by atoms with van der Waals surface area (Å²) in [5, 5.41) is 10.6. The maximum absolute atomic E-state index is 14.3. The van der Waals surface area contributed by atoms with E-state index in [1.54, 1.807) is 59.7 Å². The quantitative estimate of drug-likeness (QED) is 0.198. The first-order chi connectivity index (χ1) is 19.0. The molecular weight excluding hydrogens is 550 g/mol. The van der Waals surface area contributed by atoms with E-state index in [0.29, 0.717) is 45.1 Å². The second kappa shape index (κ2) is 10.5. The molecule has 0 aliphatic rings. The van der Waals surface area contributed by atoms with Gasteiger partial charge in [0.15, 0.2) is 11.9 Å². The molecule has 0 aliphatic heterocycles. The normalized spacial score (nSPS) is 12.4. The van der Waals surface area contributed by atoms with Gasteiger partial charge in [-0.15, -0.1) is 4.68 Å². The van der Waals surface area contributed by atoms with Crippen molar-refractivity contribution in [3.05, 3.63) is 101 Å². The number of benzene rings is 2. The summed E-state index contributed by atoms with van der Waals surface area (Å²) in [6.07, 6.45) is 1.85. The molecule has 0 bridgehead atoms. The third-order valence-corrected chi connectivity index (χ3v) is 6.59. The zero-order valence-electron chi connectivity index (χ0n) is 20.8. The van der Waals surface area contributed by atoms with Crippen molar-refractivity contribution in [1.29, 1.82) is 0 Å². The number of carbonyl (C=O) groups is 1. The molecule has 8 nitrogen and oxygen atoms in total. The number of rotatable bonds is 7. The number of halogens is 5. The van der Waals surface area contributed by atoms with Gasteiger partial charge in [-0.05, 0) is 48.4 Å². The van der Waals surface area contributed by atoms with Crippen LogP contribution in [0.5, 0.6) is 0 Å². The number of amides is 1. The zero-order valence-corrected chi connectivity index (χ0v) is 21.6. The standard InChI is InChI=1S/C27H20ClF4N7O/c1-2-23(38-13-17(12-35-38)15-3-6-19(26(33)40)21(29)9-15)22-7-4-16(11-34-22)20-10-18(28)5-8-24(20)39-14-25(36-37-39)27(30,31)32/h3-14,23H,2H2,1H3,(H2,33,40)/p+1/t23-/m1/s1. The minimum Gasteiger partial charge on any atom is -0.366 e. The summed E-state index contributed by atoms with van der Waals surface area (Å²) >= 11 is 6.21. The van der Waals surface area contributed by atoms with Gasteiger partial charge in [-0.2, -0.15) is 18.3 Å². The molecule has 1 amide bonds. The molecule has 3 N–H and O–H groups in total. The fourth-order valence-electron chi connectivity index (χ4n) is 4.34. The van der Waals surface area contributed by atoms with Crippen molar-refractivity contribution in [1.82, 2.24) is 25.1 Å². The van der Waals surface area contributed by atoms with Crippen molar-refractivity contribution in [3.63, 3.8) is 0 Å². The molecule has 0 saturated carbocycles. The Balaban J connectivity index is 1.44. The Morgan fingerprint density at radius 3 is 2.50 bits per heavy atom. The summed E-state index contributed by atoms with van der Waals surface area (Å²) in [4.78, 5) is 15.9. The lowest BCUT2D eigenvalue weighted by Crippen LogP contribution is -2.32. The lowest BCUT2D eigenvalue weighted by molar-refractivity contribution is -0.659. The number of nitrogens with one attached hydrogen (secondary N) is 1. The number of nitrogens with two attached hydrogens (primary N) is 1. The number of nitrogens with zero attached hydrogens (tertiary/aromatic N) is 5. The van der Waals surface area contributed by atoms with Gasteiger partial charge in [-0.3, -0.25) is 14.5 Å². The Morgan fingerprint density at radius 2 is 1.88 bits per heavy atom. The first-order valence-corrected chi connectivity index (χ1v) is 12.4. The number of hydrogen-bond donors (Lipinski definition) is 2. The Morgan fingerprint density at radius 1 is 1.10 bits per heavy atom. The average Bonchev–Trinajstić information content (AvgIpc) is 3.60. The van der Waals surface area contributed by atoms with Crippen LogP contribution in [0.1, 0.15) is 41.1 Å². The SMILES string of the molecule is CC[C@H](c1ccc(-c2cc(Cl)ccc2-[n+]2cc(C(F)(F)F)n[nH]2)cn1)n1cc(-c2ccc(C(N)=O)c(F)c2)cn1. The summed E-state index contributed by atoms with van der Waals surface area (Å²) < 4.78 is 56.4. The van der Waals surface area contributed by atoms with Gasteiger partial charge in [0.1, 0.15) is 5.82 Å². The van der Waals surface area contributed by atoms with Crippen LogP contribution in [0, 0.1) is 5.82 Å². The lowest BCUT2D eigenvalue weighted by Gasteiger charge is -2.16. The van der Waals surface area contributed by atoms with E-state index in [9.17, 15) is 22.4 Å². The van der Waals surface area contributed by atoms with Crippen LogP contribution in [0.4, 0.5) is 17.6 Å². The van der Waals surface area contributed by atoms with Crippen molar-refractivity contribution in [2.24, 2.45) is 5.73 Å². The van der Waals surface area contributed by atoms with Gasteiger partial charge in [0, 0.05) is 34.1 Å². The third kappa shape index (κ3) is 5.30. The molecular formula is C27H21ClF4N7O+. The topological polar surface area (TPSA) is 106 Å². The average molecular weight is 571 g/mol. The Bertz CT molecular complexity index is 1700. The summed E-state index contributed by atoms with van der Waals surface area (Å²) in [5.41, 5.74) is 7.37. The second-order valence-corrected chi connectivity index (χ2v) is 9.36. The Hall–Kier alpha value is -4.58. The molecule has 3 heterocycles. The lowest BCUT2D eigenvalue weighted by atomic mass is 10.0. The predicted molar refractivity (Wildman–Crippen MR) is 138 cm³/mol. The van der Waals surface area contributed by atoms with E-state index in [1.807, 2.05) is 6.92 Å². The van der Waals surface area contributed by atoms with E-state index in [-0.39, 0.29) is 11.6 Å². The van der Waals surface area contributed by atoms with E-state index in [4.69, 9.17) is 17.3 Å². The fraction of sp³-hybridized carbons (Fsp3) is 0.148. The third-order valence-electron chi connectivity index (χ3n) is 6.35. The molecule has 0 fully saturated rings. The predicted octanol–water partition coefficient (Wildman–Crippen LogP) is 5.52. The van der Waals surface area contributed by atoms with Gasteiger partial charge in [-0.25, -0.2) is 4.39 Å². The fourth-order valence-corrected chi connectivity index (χ4v) is 4.51. The van der Waals surface area contributed by atoms with E-state index in [1.165, 1.54) is 16.8 Å². The van der Waals surface area contributed by atoms with Crippen molar-refractivity contribution in [2.45, 2.75) is 25.6 Å². The monoisotopic (exact) mass is 570 g/mol. The van der Waals surface area contributed by atoms with Gasteiger partial charge >= 0.3 is 11.9 Å². The summed E-state index contributed by atoms with van der Waals surface area (Å²) in [5.74, 6) is -1.57. The number of H-pyrrole nitrogens is 1. The van der Waals surface area contributed by atoms with Crippen molar-refractivity contribution < 1.29 is 27.0 Å². The van der Waals surface area contributed by atoms with Gasteiger partial charge < -0.3 is 5.73 Å². The Labute approximate surface area is 230 Å². The van der Waals surface area contributed by atoms with Crippen LogP contribution < -0.4 is 10.4 Å². The summed E-state index contributed by atoms with van der Waals surface area (Å²) in [7, 11) is 0.